The minimum atomic E-state index is 0. The van der Waals surface area contributed by atoms with Crippen molar-refractivity contribution in [1.82, 2.24) is 15.2 Å². The first-order valence-corrected chi connectivity index (χ1v) is 10.7. The molecule has 3 aliphatic rings. The zero-order valence-electron chi connectivity index (χ0n) is 17.0. The van der Waals surface area contributed by atoms with Gasteiger partial charge in [0.05, 0.1) is 11.6 Å². The number of benzene rings is 1. The molecule has 4 nitrogen and oxygen atoms in total. The summed E-state index contributed by atoms with van der Waals surface area (Å²) in [4.78, 5) is 20.2. The molecule has 1 aromatic heterocycles. The molecule has 5 atom stereocenters. The monoisotopic (exact) mass is 411 g/mol. The molecule has 3 heterocycles. The second kappa shape index (κ2) is 8.08. The molecule has 0 unspecified atom stereocenters. The number of fused-ring (bicyclic) bond motifs is 1. The number of carbonyl (C=O) groups is 1. The van der Waals surface area contributed by atoms with Crippen molar-refractivity contribution in [2.24, 2.45) is 5.41 Å². The minimum absolute atomic E-state index is 0. The van der Waals surface area contributed by atoms with Gasteiger partial charge in [0.1, 0.15) is 0 Å². The van der Waals surface area contributed by atoms with E-state index in [1.807, 2.05) is 12.1 Å². The van der Waals surface area contributed by atoms with Crippen LogP contribution in [-0.4, -0.2) is 40.0 Å². The number of halogens is 1. The summed E-state index contributed by atoms with van der Waals surface area (Å²) < 4.78 is 0. The van der Waals surface area contributed by atoms with Gasteiger partial charge in [0.2, 0.25) is 0 Å². The van der Waals surface area contributed by atoms with Gasteiger partial charge in [-0.25, -0.2) is 0 Å². The quantitative estimate of drug-likeness (QED) is 0.821. The van der Waals surface area contributed by atoms with E-state index in [4.69, 9.17) is 0 Å². The van der Waals surface area contributed by atoms with Crippen LogP contribution in [0.15, 0.2) is 54.9 Å². The lowest BCUT2D eigenvalue weighted by Crippen LogP contribution is -2.61. The van der Waals surface area contributed by atoms with E-state index in [1.165, 1.54) is 31.2 Å². The van der Waals surface area contributed by atoms with Crippen molar-refractivity contribution in [3.63, 3.8) is 0 Å². The lowest BCUT2D eigenvalue weighted by atomic mass is 9.69. The number of amides is 1. The van der Waals surface area contributed by atoms with E-state index in [9.17, 15) is 4.79 Å². The molecule has 0 spiro atoms. The number of piperidine rings is 1. The molecule has 1 aromatic carbocycles. The van der Waals surface area contributed by atoms with Gasteiger partial charge >= 0.3 is 0 Å². The third-order valence-corrected chi connectivity index (χ3v) is 7.44. The van der Waals surface area contributed by atoms with Crippen LogP contribution in [0.25, 0.3) is 0 Å². The van der Waals surface area contributed by atoms with Gasteiger partial charge in [0, 0.05) is 35.9 Å². The highest BCUT2D eigenvalue weighted by Crippen LogP contribution is 2.51. The number of likely N-dealkylation sites (tertiary alicyclic amines) is 1. The molecule has 0 radical (unpaired) electrons. The highest BCUT2D eigenvalue weighted by atomic mass is 35.5. The fraction of sp³-hybridized carbons (Fsp3) is 0.500. The molecule has 1 N–H and O–H groups in total. The SMILES string of the molecule is C[C@]12C[C@@H]3N[C@H]1CCCC[C@H]2N(C(=O)c1cccnc1)[C@H]3Cc1ccccc1.Cl. The number of nitrogens with zero attached hydrogens (tertiary/aromatic N) is 2. The Kier molecular flexibility index (Phi) is 5.67. The minimum Gasteiger partial charge on any atom is -0.330 e. The Morgan fingerprint density at radius 2 is 1.97 bits per heavy atom. The summed E-state index contributed by atoms with van der Waals surface area (Å²) in [6, 6.07) is 15.8. The van der Waals surface area contributed by atoms with Crippen molar-refractivity contribution in [3.05, 3.63) is 66.0 Å². The van der Waals surface area contributed by atoms with Crippen LogP contribution in [0.3, 0.4) is 0 Å². The molecular weight excluding hydrogens is 382 g/mol. The Morgan fingerprint density at radius 1 is 1.17 bits per heavy atom. The first-order chi connectivity index (χ1) is 13.7. The molecule has 1 saturated carbocycles. The molecule has 5 heteroatoms. The van der Waals surface area contributed by atoms with Gasteiger partial charge in [0.25, 0.3) is 5.91 Å². The number of hydrogen-bond donors (Lipinski definition) is 1. The van der Waals surface area contributed by atoms with Gasteiger partial charge in [-0.1, -0.05) is 50.1 Å². The van der Waals surface area contributed by atoms with E-state index >= 15 is 0 Å². The van der Waals surface area contributed by atoms with Crippen molar-refractivity contribution in [1.29, 1.82) is 0 Å². The van der Waals surface area contributed by atoms with Crippen molar-refractivity contribution in [2.45, 2.75) is 69.6 Å². The Hall–Kier alpha value is -1.91. The smallest absolute Gasteiger partial charge is 0.256 e. The van der Waals surface area contributed by atoms with E-state index in [0.29, 0.717) is 23.7 Å². The number of pyridine rings is 1. The van der Waals surface area contributed by atoms with Crippen LogP contribution in [-0.2, 0) is 6.42 Å². The van der Waals surface area contributed by atoms with Gasteiger partial charge in [-0.3, -0.25) is 9.78 Å². The fourth-order valence-corrected chi connectivity index (χ4v) is 6.08. The van der Waals surface area contributed by atoms with Gasteiger partial charge in [-0.15, -0.1) is 12.4 Å². The lowest BCUT2D eigenvalue weighted by molar-refractivity contribution is 0.00312. The molecule has 1 amide bonds. The first kappa shape index (κ1) is 20.4. The normalized spacial score (nSPS) is 32.9. The Bertz CT molecular complexity index is 846. The van der Waals surface area contributed by atoms with Crippen LogP contribution in [0, 0.1) is 5.41 Å². The zero-order chi connectivity index (χ0) is 19.1. The molecule has 2 saturated heterocycles. The molecule has 2 bridgehead atoms. The van der Waals surface area contributed by atoms with Crippen LogP contribution in [0.1, 0.15) is 54.9 Å². The standard InChI is InChI=1S/C24H29N3O.ClH/c1-24-15-19-20(14-17-8-3-2-4-9-17)27(23(28)18-10-7-13-25-16-18)22(24)12-6-5-11-21(24)26-19;/h2-4,7-10,13,16,19-22,26H,5-6,11-12,14-15H2,1H3;1H/t19-,20-,21-,22+,24-;/m0./s1. The number of hydrogen-bond acceptors (Lipinski definition) is 3. The van der Waals surface area contributed by atoms with Crippen molar-refractivity contribution in [3.8, 4) is 0 Å². The number of rotatable bonds is 3. The van der Waals surface area contributed by atoms with Gasteiger partial charge in [-0.2, -0.15) is 0 Å². The Morgan fingerprint density at radius 3 is 2.72 bits per heavy atom. The summed E-state index contributed by atoms with van der Waals surface area (Å²) in [6.07, 6.45) is 10.4. The van der Waals surface area contributed by atoms with E-state index in [1.54, 1.807) is 12.4 Å². The summed E-state index contributed by atoms with van der Waals surface area (Å²) in [5.41, 5.74) is 2.19. The highest BCUT2D eigenvalue weighted by Gasteiger charge is 2.59. The molecule has 2 aromatic rings. The van der Waals surface area contributed by atoms with Crippen molar-refractivity contribution in [2.75, 3.05) is 0 Å². The van der Waals surface area contributed by atoms with Crippen molar-refractivity contribution >= 4 is 18.3 Å². The predicted octanol–water partition coefficient (Wildman–Crippen LogP) is 4.25. The average molecular weight is 412 g/mol. The lowest BCUT2D eigenvalue weighted by Gasteiger charge is -2.51. The molecule has 3 fully saturated rings. The molecule has 1 aliphatic carbocycles. The van der Waals surface area contributed by atoms with Crippen molar-refractivity contribution < 1.29 is 4.79 Å². The molecule has 154 valence electrons. The molecule has 29 heavy (non-hydrogen) atoms. The van der Waals surface area contributed by atoms with Gasteiger partial charge in [-0.05, 0) is 43.4 Å². The van der Waals surface area contributed by atoms with E-state index in [-0.39, 0.29) is 29.8 Å². The summed E-state index contributed by atoms with van der Waals surface area (Å²) in [6.45, 7) is 2.42. The van der Waals surface area contributed by atoms with Crippen LogP contribution < -0.4 is 5.32 Å². The van der Waals surface area contributed by atoms with Crippen LogP contribution in [0.5, 0.6) is 0 Å². The van der Waals surface area contributed by atoms with Crippen LogP contribution in [0.4, 0.5) is 0 Å². The summed E-state index contributed by atoms with van der Waals surface area (Å²) in [7, 11) is 0. The summed E-state index contributed by atoms with van der Waals surface area (Å²) in [5.74, 6) is 0.152. The highest BCUT2D eigenvalue weighted by molar-refractivity contribution is 5.94. The second-order valence-corrected chi connectivity index (χ2v) is 9.05. The largest absolute Gasteiger partial charge is 0.330 e. The number of nitrogens with one attached hydrogen (secondary N) is 1. The zero-order valence-corrected chi connectivity index (χ0v) is 17.8. The van der Waals surface area contributed by atoms with E-state index < -0.39 is 0 Å². The maximum absolute atomic E-state index is 13.7. The average Bonchev–Trinajstić information content (AvgIpc) is 2.94. The Labute approximate surface area is 179 Å². The van der Waals surface area contributed by atoms with Gasteiger partial charge in [0.15, 0.2) is 0 Å². The first-order valence-electron chi connectivity index (χ1n) is 10.7. The maximum atomic E-state index is 13.7. The molecule has 5 rings (SSSR count). The second-order valence-electron chi connectivity index (χ2n) is 9.05. The topological polar surface area (TPSA) is 45.2 Å². The summed E-state index contributed by atoms with van der Waals surface area (Å²) in [5, 5.41) is 3.96. The molecular formula is C24H30ClN3O. The van der Waals surface area contributed by atoms with Crippen LogP contribution in [0.2, 0.25) is 0 Å². The maximum Gasteiger partial charge on any atom is 0.256 e. The van der Waals surface area contributed by atoms with E-state index in [2.05, 4.69) is 52.5 Å². The van der Waals surface area contributed by atoms with Gasteiger partial charge < -0.3 is 10.2 Å². The summed E-state index contributed by atoms with van der Waals surface area (Å²) >= 11 is 0. The third-order valence-electron chi connectivity index (χ3n) is 7.44. The Balaban J connectivity index is 0.00000205. The number of aromatic nitrogens is 1. The predicted molar refractivity (Wildman–Crippen MR) is 117 cm³/mol. The fourth-order valence-electron chi connectivity index (χ4n) is 6.08. The van der Waals surface area contributed by atoms with Crippen LogP contribution >= 0.6 is 12.4 Å². The van der Waals surface area contributed by atoms with E-state index in [0.717, 1.165) is 12.8 Å². The number of carbonyl (C=O) groups excluding carboxylic acids is 1. The molecule has 2 aliphatic heterocycles. The third kappa shape index (κ3) is 3.47.